The van der Waals surface area contributed by atoms with Crippen molar-refractivity contribution in [2.75, 3.05) is 20.2 Å². The molecule has 1 N–H and O–H groups in total. The van der Waals surface area contributed by atoms with Crippen LogP contribution in [0, 0.1) is 6.92 Å². The zero-order chi connectivity index (χ0) is 13.8. The SMILES string of the molecule is Cc1cc(-n2cncn2)ccc1C(=O)N(C)CCO. The molecule has 0 aliphatic rings. The minimum absolute atomic E-state index is 0.0433. The number of carbonyl (C=O) groups excluding carboxylic acids is 1. The van der Waals surface area contributed by atoms with E-state index in [0.29, 0.717) is 12.1 Å². The average Bonchev–Trinajstić information content (AvgIpc) is 2.92. The van der Waals surface area contributed by atoms with Crippen molar-refractivity contribution in [3.63, 3.8) is 0 Å². The van der Waals surface area contributed by atoms with Crippen LogP contribution in [0.3, 0.4) is 0 Å². The average molecular weight is 260 g/mol. The molecule has 0 bridgehead atoms. The van der Waals surface area contributed by atoms with Crippen molar-refractivity contribution in [3.8, 4) is 5.69 Å². The topological polar surface area (TPSA) is 71.2 Å². The van der Waals surface area contributed by atoms with Crippen molar-refractivity contribution in [1.29, 1.82) is 0 Å². The highest BCUT2D eigenvalue weighted by Crippen LogP contribution is 2.15. The Kier molecular flexibility index (Phi) is 3.91. The molecule has 0 atom stereocenters. The maximum atomic E-state index is 12.1. The van der Waals surface area contributed by atoms with Crippen molar-refractivity contribution in [3.05, 3.63) is 42.0 Å². The summed E-state index contributed by atoms with van der Waals surface area (Å²) in [6.07, 6.45) is 3.07. The van der Waals surface area contributed by atoms with Crippen LogP contribution in [0.25, 0.3) is 5.69 Å². The predicted molar refractivity (Wildman–Crippen MR) is 70.1 cm³/mol. The number of aromatic nitrogens is 3. The van der Waals surface area contributed by atoms with E-state index in [1.807, 2.05) is 19.1 Å². The molecule has 0 spiro atoms. The monoisotopic (exact) mass is 260 g/mol. The molecule has 2 rings (SSSR count). The molecule has 6 heteroatoms. The summed E-state index contributed by atoms with van der Waals surface area (Å²) in [4.78, 5) is 17.5. The molecule has 0 fully saturated rings. The highest BCUT2D eigenvalue weighted by molar-refractivity contribution is 5.95. The van der Waals surface area contributed by atoms with Gasteiger partial charge in [0.2, 0.25) is 0 Å². The van der Waals surface area contributed by atoms with Crippen molar-refractivity contribution in [2.45, 2.75) is 6.92 Å². The highest BCUT2D eigenvalue weighted by atomic mass is 16.3. The molecule has 19 heavy (non-hydrogen) atoms. The third-order valence-corrected chi connectivity index (χ3v) is 2.91. The first-order chi connectivity index (χ1) is 9.13. The minimum atomic E-state index is -0.100. The number of nitrogens with zero attached hydrogens (tertiary/aromatic N) is 4. The second-order valence-electron chi connectivity index (χ2n) is 4.29. The quantitative estimate of drug-likeness (QED) is 0.875. The molecular formula is C13H16N4O2. The summed E-state index contributed by atoms with van der Waals surface area (Å²) in [6.45, 7) is 2.15. The van der Waals surface area contributed by atoms with E-state index < -0.39 is 0 Å². The van der Waals surface area contributed by atoms with Crippen LogP contribution >= 0.6 is 0 Å². The zero-order valence-electron chi connectivity index (χ0n) is 10.9. The van der Waals surface area contributed by atoms with Crippen LogP contribution in [0.15, 0.2) is 30.9 Å². The molecule has 1 amide bonds. The molecular weight excluding hydrogens is 244 g/mol. The highest BCUT2D eigenvalue weighted by Gasteiger charge is 2.14. The molecule has 0 saturated carbocycles. The Hall–Kier alpha value is -2.21. The summed E-state index contributed by atoms with van der Waals surface area (Å²) in [5.74, 6) is -0.100. The van der Waals surface area contributed by atoms with Gasteiger partial charge in [-0.2, -0.15) is 5.10 Å². The summed E-state index contributed by atoms with van der Waals surface area (Å²) in [7, 11) is 1.67. The van der Waals surface area contributed by atoms with Gasteiger partial charge in [-0.05, 0) is 30.7 Å². The second kappa shape index (κ2) is 5.62. The van der Waals surface area contributed by atoms with Gasteiger partial charge in [0, 0.05) is 19.2 Å². The van der Waals surface area contributed by atoms with Gasteiger partial charge < -0.3 is 10.0 Å². The zero-order valence-corrected chi connectivity index (χ0v) is 10.9. The fourth-order valence-corrected chi connectivity index (χ4v) is 1.83. The maximum Gasteiger partial charge on any atom is 0.253 e. The van der Waals surface area contributed by atoms with Crippen molar-refractivity contribution in [2.24, 2.45) is 0 Å². The van der Waals surface area contributed by atoms with Gasteiger partial charge in [0.25, 0.3) is 5.91 Å². The number of aliphatic hydroxyl groups excluding tert-OH is 1. The van der Waals surface area contributed by atoms with Crippen LogP contribution in [-0.4, -0.2) is 50.9 Å². The number of aryl methyl sites for hydroxylation is 1. The van der Waals surface area contributed by atoms with Gasteiger partial charge in [-0.3, -0.25) is 4.79 Å². The molecule has 0 aliphatic heterocycles. The van der Waals surface area contributed by atoms with E-state index in [9.17, 15) is 4.79 Å². The van der Waals surface area contributed by atoms with E-state index in [1.54, 1.807) is 24.1 Å². The van der Waals surface area contributed by atoms with Gasteiger partial charge in [-0.15, -0.1) is 0 Å². The lowest BCUT2D eigenvalue weighted by molar-refractivity contribution is 0.0766. The molecule has 100 valence electrons. The molecule has 0 radical (unpaired) electrons. The first-order valence-electron chi connectivity index (χ1n) is 5.95. The van der Waals surface area contributed by atoms with Gasteiger partial charge in [0.1, 0.15) is 12.7 Å². The van der Waals surface area contributed by atoms with Crippen LogP contribution in [0.2, 0.25) is 0 Å². The van der Waals surface area contributed by atoms with Crippen LogP contribution in [0.1, 0.15) is 15.9 Å². The Bertz CT molecular complexity index is 566. The number of rotatable bonds is 4. The lowest BCUT2D eigenvalue weighted by Gasteiger charge is -2.17. The van der Waals surface area contributed by atoms with Crippen LogP contribution < -0.4 is 0 Å². The van der Waals surface area contributed by atoms with Gasteiger partial charge in [0.15, 0.2) is 0 Å². The summed E-state index contributed by atoms with van der Waals surface area (Å²) >= 11 is 0. The first kappa shape index (κ1) is 13.2. The number of aliphatic hydroxyl groups is 1. The Morgan fingerprint density at radius 3 is 2.84 bits per heavy atom. The lowest BCUT2D eigenvalue weighted by atomic mass is 10.1. The molecule has 0 aliphatic carbocycles. The van der Waals surface area contributed by atoms with E-state index in [-0.39, 0.29) is 12.5 Å². The Morgan fingerprint density at radius 2 is 2.26 bits per heavy atom. The Morgan fingerprint density at radius 1 is 1.47 bits per heavy atom. The summed E-state index contributed by atoms with van der Waals surface area (Å²) < 4.78 is 1.64. The number of amides is 1. The molecule has 6 nitrogen and oxygen atoms in total. The third-order valence-electron chi connectivity index (χ3n) is 2.91. The molecule has 2 aromatic rings. The number of hydrogen-bond donors (Lipinski definition) is 1. The van der Waals surface area contributed by atoms with Gasteiger partial charge in [-0.1, -0.05) is 0 Å². The van der Waals surface area contributed by atoms with Gasteiger partial charge in [0.05, 0.1) is 12.3 Å². The minimum Gasteiger partial charge on any atom is -0.395 e. The molecule has 1 aromatic carbocycles. The summed E-state index contributed by atoms with van der Waals surface area (Å²) in [5.41, 5.74) is 2.35. The van der Waals surface area contributed by atoms with Crippen LogP contribution in [0.4, 0.5) is 0 Å². The second-order valence-corrected chi connectivity index (χ2v) is 4.29. The van der Waals surface area contributed by atoms with Crippen molar-refractivity contribution in [1.82, 2.24) is 19.7 Å². The molecule has 0 unspecified atom stereocenters. The number of carbonyl (C=O) groups is 1. The van der Waals surface area contributed by atoms with E-state index in [2.05, 4.69) is 10.1 Å². The fourth-order valence-electron chi connectivity index (χ4n) is 1.83. The van der Waals surface area contributed by atoms with Crippen molar-refractivity contribution < 1.29 is 9.90 Å². The number of benzene rings is 1. The summed E-state index contributed by atoms with van der Waals surface area (Å²) in [6, 6.07) is 5.47. The molecule has 1 heterocycles. The number of likely N-dealkylation sites (N-methyl/N-ethyl adjacent to an activating group) is 1. The maximum absolute atomic E-state index is 12.1. The Labute approximate surface area is 111 Å². The normalized spacial score (nSPS) is 10.5. The lowest BCUT2D eigenvalue weighted by Crippen LogP contribution is -2.30. The number of hydrogen-bond acceptors (Lipinski definition) is 4. The third kappa shape index (κ3) is 2.79. The largest absolute Gasteiger partial charge is 0.395 e. The smallest absolute Gasteiger partial charge is 0.253 e. The predicted octanol–water partition coefficient (Wildman–Crippen LogP) is 0.640. The van der Waals surface area contributed by atoms with E-state index in [0.717, 1.165) is 11.3 Å². The van der Waals surface area contributed by atoms with E-state index in [4.69, 9.17) is 5.11 Å². The van der Waals surface area contributed by atoms with Crippen LogP contribution in [0.5, 0.6) is 0 Å². The van der Waals surface area contributed by atoms with Gasteiger partial charge >= 0.3 is 0 Å². The Balaban J connectivity index is 2.27. The molecule has 0 saturated heterocycles. The van der Waals surface area contributed by atoms with Crippen LogP contribution in [-0.2, 0) is 0 Å². The standard InChI is InChI=1S/C13H16N4O2/c1-10-7-11(17-9-14-8-15-17)3-4-12(10)13(19)16(2)5-6-18/h3-4,7-9,18H,5-6H2,1-2H3. The summed E-state index contributed by atoms with van der Waals surface area (Å²) in [5, 5.41) is 12.9. The van der Waals surface area contributed by atoms with Gasteiger partial charge in [-0.25, -0.2) is 9.67 Å². The van der Waals surface area contributed by atoms with E-state index >= 15 is 0 Å². The first-order valence-corrected chi connectivity index (χ1v) is 5.95. The van der Waals surface area contributed by atoms with E-state index in [1.165, 1.54) is 11.2 Å². The van der Waals surface area contributed by atoms with Crippen molar-refractivity contribution >= 4 is 5.91 Å². The fraction of sp³-hybridized carbons (Fsp3) is 0.308. The molecule has 1 aromatic heterocycles.